The van der Waals surface area contributed by atoms with Gasteiger partial charge in [-0.1, -0.05) is 24.3 Å². The highest BCUT2D eigenvalue weighted by molar-refractivity contribution is 6.01. The molecule has 0 spiro atoms. The van der Waals surface area contributed by atoms with Crippen molar-refractivity contribution >= 4 is 28.6 Å². The third-order valence-electron chi connectivity index (χ3n) is 5.23. The highest BCUT2D eigenvalue weighted by Gasteiger charge is 2.23. The van der Waals surface area contributed by atoms with Gasteiger partial charge in [0.15, 0.2) is 11.6 Å². The fourth-order valence-electron chi connectivity index (χ4n) is 3.61. The molecule has 8 nitrogen and oxygen atoms in total. The molecular weight excluding hydrogens is 439 g/mol. The smallest absolute Gasteiger partial charge is 0.343 e. The first-order valence-electron chi connectivity index (χ1n) is 10.7. The minimum absolute atomic E-state index is 0.0221. The Balaban J connectivity index is 1.77. The van der Waals surface area contributed by atoms with E-state index in [0.29, 0.717) is 22.6 Å². The number of fused-ring (bicyclic) bond motifs is 1. The van der Waals surface area contributed by atoms with Crippen LogP contribution in [0.4, 0.5) is 10.2 Å². The van der Waals surface area contributed by atoms with E-state index in [1.807, 2.05) is 19.1 Å². The second-order valence-corrected chi connectivity index (χ2v) is 7.54. The number of pyridine rings is 1. The van der Waals surface area contributed by atoms with Crippen molar-refractivity contribution in [3.8, 4) is 11.6 Å². The lowest BCUT2D eigenvalue weighted by molar-refractivity contribution is -0.115. The summed E-state index contributed by atoms with van der Waals surface area (Å²) in [6.07, 6.45) is 1.31. The molecule has 0 radical (unpaired) electrons. The fourth-order valence-corrected chi connectivity index (χ4v) is 3.61. The highest BCUT2D eigenvalue weighted by atomic mass is 19.1. The van der Waals surface area contributed by atoms with Crippen molar-refractivity contribution < 1.29 is 23.5 Å². The van der Waals surface area contributed by atoms with E-state index in [9.17, 15) is 14.0 Å². The maximum atomic E-state index is 13.2. The van der Waals surface area contributed by atoms with Crippen LogP contribution in [-0.2, 0) is 16.0 Å². The van der Waals surface area contributed by atoms with E-state index in [0.717, 1.165) is 10.9 Å². The number of hydrogen-bond acceptors (Lipinski definition) is 6. The summed E-state index contributed by atoms with van der Waals surface area (Å²) < 4.78 is 25.2. The molecule has 0 fully saturated rings. The predicted molar refractivity (Wildman–Crippen MR) is 125 cm³/mol. The Kier molecular flexibility index (Phi) is 6.53. The molecule has 9 heteroatoms. The molecule has 0 aliphatic heterocycles. The Morgan fingerprint density at radius 2 is 1.91 bits per heavy atom. The number of halogens is 1. The molecule has 0 saturated carbocycles. The Morgan fingerprint density at radius 1 is 1.15 bits per heavy atom. The summed E-state index contributed by atoms with van der Waals surface area (Å²) in [5.41, 5.74) is 2.24. The monoisotopic (exact) mass is 462 g/mol. The zero-order valence-corrected chi connectivity index (χ0v) is 19.0. The molecule has 4 aromatic rings. The molecule has 0 aliphatic rings. The Hall–Kier alpha value is -4.27. The third-order valence-corrected chi connectivity index (χ3v) is 5.23. The lowest BCUT2D eigenvalue weighted by Crippen LogP contribution is -2.20. The number of benzene rings is 2. The van der Waals surface area contributed by atoms with Gasteiger partial charge in [-0.2, -0.15) is 9.78 Å². The number of esters is 1. The van der Waals surface area contributed by atoms with Gasteiger partial charge in [0.1, 0.15) is 22.6 Å². The molecule has 34 heavy (non-hydrogen) atoms. The predicted octanol–water partition coefficient (Wildman–Crippen LogP) is 4.23. The maximum Gasteiger partial charge on any atom is 0.343 e. The van der Waals surface area contributed by atoms with Crippen molar-refractivity contribution in [2.24, 2.45) is 0 Å². The molecule has 1 N–H and O–H groups in total. The van der Waals surface area contributed by atoms with Gasteiger partial charge in [0, 0.05) is 5.39 Å². The van der Waals surface area contributed by atoms with Crippen molar-refractivity contribution in [1.29, 1.82) is 0 Å². The van der Waals surface area contributed by atoms with Crippen LogP contribution in [-0.4, -0.2) is 40.4 Å². The molecule has 2 aromatic heterocycles. The highest BCUT2D eigenvalue weighted by Crippen LogP contribution is 2.29. The average Bonchev–Trinajstić information content (AvgIpc) is 3.23. The number of para-hydroxylation sites is 1. The SMILES string of the molecule is CCOC(=O)c1cnn(-c2cc(C)c3cccc(OC)c3n2)c1NC(=O)Cc1ccc(F)cc1. The first kappa shape index (κ1) is 22.9. The molecule has 0 saturated heterocycles. The fraction of sp³-hybridized carbons (Fsp3) is 0.200. The van der Waals surface area contributed by atoms with Gasteiger partial charge >= 0.3 is 5.97 Å². The number of carbonyl (C=O) groups excluding carboxylic acids is 2. The molecule has 174 valence electrons. The Labute approximate surface area is 195 Å². The van der Waals surface area contributed by atoms with Crippen molar-refractivity contribution in [2.45, 2.75) is 20.3 Å². The zero-order chi connectivity index (χ0) is 24.2. The summed E-state index contributed by atoms with van der Waals surface area (Å²) in [6, 6.07) is 13.0. The van der Waals surface area contributed by atoms with Crippen LogP contribution in [0, 0.1) is 12.7 Å². The van der Waals surface area contributed by atoms with Gasteiger partial charge in [0.05, 0.1) is 26.3 Å². The van der Waals surface area contributed by atoms with Crippen molar-refractivity contribution in [1.82, 2.24) is 14.8 Å². The van der Waals surface area contributed by atoms with Crippen LogP contribution in [0.2, 0.25) is 0 Å². The number of nitrogens with zero attached hydrogens (tertiary/aromatic N) is 3. The topological polar surface area (TPSA) is 95.3 Å². The normalized spacial score (nSPS) is 10.8. The Morgan fingerprint density at radius 3 is 2.62 bits per heavy atom. The first-order chi connectivity index (χ1) is 16.4. The van der Waals surface area contributed by atoms with Gasteiger partial charge < -0.3 is 14.8 Å². The Bertz CT molecular complexity index is 1370. The van der Waals surface area contributed by atoms with E-state index < -0.39 is 11.9 Å². The van der Waals surface area contributed by atoms with Crippen molar-refractivity contribution in [2.75, 3.05) is 19.0 Å². The second-order valence-electron chi connectivity index (χ2n) is 7.54. The summed E-state index contributed by atoms with van der Waals surface area (Å²) >= 11 is 0. The minimum Gasteiger partial charge on any atom is -0.494 e. The lowest BCUT2D eigenvalue weighted by Gasteiger charge is -2.13. The molecule has 2 aromatic carbocycles. The molecule has 1 amide bonds. The van der Waals surface area contributed by atoms with Crippen LogP contribution in [0.15, 0.2) is 54.7 Å². The van der Waals surface area contributed by atoms with Crippen LogP contribution >= 0.6 is 0 Å². The number of anilines is 1. The molecule has 0 unspecified atom stereocenters. The number of rotatable bonds is 7. The standard InChI is InChI=1S/C25H23FN4O4/c1-4-34-25(32)19-14-27-30(24(19)29-22(31)13-16-8-10-17(26)11-9-16)21-12-15(2)18-6-5-7-20(33-3)23(18)28-21/h5-12,14H,4,13H2,1-3H3,(H,29,31). The van der Waals surface area contributed by atoms with Gasteiger partial charge in [-0.15, -0.1) is 0 Å². The van der Waals surface area contributed by atoms with Gasteiger partial charge in [-0.05, 0) is 49.2 Å². The number of methoxy groups -OCH3 is 1. The van der Waals surface area contributed by atoms with E-state index in [-0.39, 0.29) is 30.2 Å². The minimum atomic E-state index is -0.624. The van der Waals surface area contributed by atoms with Gasteiger partial charge in [-0.25, -0.2) is 14.2 Å². The van der Waals surface area contributed by atoms with Crippen molar-refractivity contribution in [3.63, 3.8) is 0 Å². The summed E-state index contributed by atoms with van der Waals surface area (Å²) in [6.45, 7) is 3.78. The summed E-state index contributed by atoms with van der Waals surface area (Å²) in [4.78, 5) is 30.1. The second kappa shape index (κ2) is 9.70. The van der Waals surface area contributed by atoms with Crippen LogP contribution < -0.4 is 10.1 Å². The summed E-state index contributed by atoms with van der Waals surface area (Å²) in [5, 5.41) is 7.97. The quantitative estimate of drug-likeness (QED) is 0.413. The molecule has 4 rings (SSSR count). The van der Waals surface area contributed by atoms with Crippen molar-refractivity contribution in [3.05, 3.63) is 77.2 Å². The average molecular weight is 462 g/mol. The van der Waals surface area contributed by atoms with E-state index >= 15 is 0 Å². The lowest BCUT2D eigenvalue weighted by atomic mass is 10.1. The number of aryl methyl sites for hydroxylation is 1. The van der Waals surface area contributed by atoms with Crippen LogP contribution in [0.1, 0.15) is 28.4 Å². The molecule has 0 bridgehead atoms. The third kappa shape index (κ3) is 4.59. The van der Waals surface area contributed by atoms with Gasteiger partial charge in [-0.3, -0.25) is 4.79 Å². The molecule has 0 atom stereocenters. The van der Waals surface area contributed by atoms with Crippen LogP contribution in [0.25, 0.3) is 16.7 Å². The van der Waals surface area contributed by atoms with E-state index in [1.165, 1.54) is 35.1 Å². The summed E-state index contributed by atoms with van der Waals surface area (Å²) in [5.74, 6) is -0.314. The first-order valence-corrected chi connectivity index (χ1v) is 10.7. The maximum absolute atomic E-state index is 13.2. The van der Waals surface area contributed by atoms with E-state index in [1.54, 1.807) is 26.2 Å². The number of aromatic nitrogens is 3. The van der Waals surface area contributed by atoms with E-state index in [4.69, 9.17) is 9.47 Å². The van der Waals surface area contributed by atoms with Crippen LogP contribution in [0.5, 0.6) is 5.75 Å². The number of ether oxygens (including phenoxy) is 2. The van der Waals surface area contributed by atoms with Gasteiger partial charge in [0.25, 0.3) is 0 Å². The van der Waals surface area contributed by atoms with E-state index in [2.05, 4.69) is 15.4 Å². The summed E-state index contributed by atoms with van der Waals surface area (Å²) in [7, 11) is 1.56. The number of nitrogens with one attached hydrogen (secondary N) is 1. The number of carbonyl (C=O) groups is 2. The molecule has 0 aliphatic carbocycles. The molecular formula is C25H23FN4O4. The zero-order valence-electron chi connectivity index (χ0n) is 19.0. The van der Waals surface area contributed by atoms with Crippen LogP contribution in [0.3, 0.4) is 0 Å². The number of hydrogen-bond donors (Lipinski definition) is 1. The largest absolute Gasteiger partial charge is 0.494 e. The number of amides is 1. The van der Waals surface area contributed by atoms with Gasteiger partial charge in [0.2, 0.25) is 5.91 Å². The molecule has 2 heterocycles.